The number of hydrogen-bond donors (Lipinski definition) is 1. The van der Waals surface area contributed by atoms with Crippen LogP contribution in [0.1, 0.15) is 13.8 Å². The van der Waals surface area contributed by atoms with Crippen LogP contribution < -0.4 is 0 Å². The molecule has 0 aliphatic carbocycles. The molecular formula is C8H13BrO5. The van der Waals surface area contributed by atoms with Crippen molar-refractivity contribution in [2.24, 2.45) is 0 Å². The molecule has 0 spiro atoms. The number of halogens is 1. The lowest BCUT2D eigenvalue weighted by Gasteiger charge is -2.14. The van der Waals surface area contributed by atoms with E-state index in [-0.39, 0.29) is 13.2 Å². The number of rotatable bonds is 5. The predicted molar refractivity (Wildman–Crippen MR) is 52.0 cm³/mol. The van der Waals surface area contributed by atoms with Gasteiger partial charge < -0.3 is 14.6 Å². The number of ether oxygens (including phenoxy) is 2. The highest BCUT2D eigenvalue weighted by Gasteiger charge is 2.31. The SMILES string of the molecule is CCOC(=O)[C@@H](Br)[C@@H](O)C(=O)OCC. The second kappa shape index (κ2) is 6.78. The molecule has 2 atom stereocenters. The summed E-state index contributed by atoms with van der Waals surface area (Å²) in [5.41, 5.74) is 0. The molecule has 0 unspecified atom stereocenters. The van der Waals surface area contributed by atoms with E-state index in [1.807, 2.05) is 0 Å². The van der Waals surface area contributed by atoms with Gasteiger partial charge in [-0.3, -0.25) is 4.79 Å². The Morgan fingerprint density at radius 2 is 1.64 bits per heavy atom. The first kappa shape index (κ1) is 13.4. The van der Waals surface area contributed by atoms with Crippen molar-refractivity contribution in [3.8, 4) is 0 Å². The molecule has 6 heteroatoms. The number of carbonyl (C=O) groups excluding carboxylic acids is 2. The average molecular weight is 269 g/mol. The Kier molecular flexibility index (Phi) is 6.48. The van der Waals surface area contributed by atoms with E-state index in [9.17, 15) is 14.7 Å². The normalized spacial score (nSPS) is 14.3. The van der Waals surface area contributed by atoms with Crippen molar-refractivity contribution in [1.29, 1.82) is 0 Å². The molecule has 5 nitrogen and oxygen atoms in total. The maximum Gasteiger partial charge on any atom is 0.336 e. The maximum atomic E-state index is 11.1. The van der Waals surface area contributed by atoms with Crippen LogP contribution in [-0.4, -0.2) is 41.2 Å². The monoisotopic (exact) mass is 268 g/mol. The summed E-state index contributed by atoms with van der Waals surface area (Å²) in [6.45, 7) is 3.58. The van der Waals surface area contributed by atoms with Gasteiger partial charge in [0.15, 0.2) is 6.10 Å². The highest BCUT2D eigenvalue weighted by atomic mass is 79.9. The van der Waals surface area contributed by atoms with Crippen LogP contribution in [0.2, 0.25) is 0 Å². The summed E-state index contributed by atoms with van der Waals surface area (Å²) in [7, 11) is 0. The molecule has 0 fully saturated rings. The van der Waals surface area contributed by atoms with Gasteiger partial charge in [0.25, 0.3) is 0 Å². The molecule has 0 heterocycles. The van der Waals surface area contributed by atoms with Crippen molar-refractivity contribution in [2.75, 3.05) is 13.2 Å². The van der Waals surface area contributed by atoms with Crippen molar-refractivity contribution in [1.82, 2.24) is 0 Å². The fraction of sp³-hybridized carbons (Fsp3) is 0.750. The molecule has 0 aliphatic heterocycles. The molecule has 0 aliphatic rings. The lowest BCUT2D eigenvalue weighted by atomic mass is 10.2. The van der Waals surface area contributed by atoms with Crippen molar-refractivity contribution in [3.05, 3.63) is 0 Å². The summed E-state index contributed by atoms with van der Waals surface area (Å²) in [5.74, 6) is -1.53. The van der Waals surface area contributed by atoms with Crippen molar-refractivity contribution in [2.45, 2.75) is 24.8 Å². The Bertz CT molecular complexity index is 184. The van der Waals surface area contributed by atoms with E-state index in [0.717, 1.165) is 0 Å². The van der Waals surface area contributed by atoms with Gasteiger partial charge in [-0.2, -0.15) is 0 Å². The average Bonchev–Trinajstić information content (AvgIpc) is 2.16. The fourth-order valence-electron chi connectivity index (χ4n) is 0.698. The molecule has 0 aromatic rings. The minimum Gasteiger partial charge on any atom is -0.465 e. The molecule has 0 aromatic carbocycles. The Labute approximate surface area is 90.5 Å². The third-order valence-electron chi connectivity index (χ3n) is 1.32. The van der Waals surface area contributed by atoms with Gasteiger partial charge in [0.2, 0.25) is 0 Å². The van der Waals surface area contributed by atoms with Gasteiger partial charge in [0, 0.05) is 0 Å². The van der Waals surface area contributed by atoms with E-state index < -0.39 is 22.9 Å². The van der Waals surface area contributed by atoms with Crippen molar-refractivity contribution < 1.29 is 24.2 Å². The molecule has 0 aromatic heterocycles. The van der Waals surface area contributed by atoms with E-state index in [0.29, 0.717) is 0 Å². The minimum absolute atomic E-state index is 0.151. The third-order valence-corrected chi connectivity index (χ3v) is 2.19. The lowest BCUT2D eigenvalue weighted by Crippen LogP contribution is -2.37. The molecule has 0 radical (unpaired) electrons. The molecular weight excluding hydrogens is 256 g/mol. The van der Waals surface area contributed by atoms with Gasteiger partial charge >= 0.3 is 11.9 Å². The zero-order valence-corrected chi connectivity index (χ0v) is 9.61. The second-order valence-electron chi connectivity index (χ2n) is 2.35. The van der Waals surface area contributed by atoms with E-state index in [1.54, 1.807) is 13.8 Å². The van der Waals surface area contributed by atoms with Crippen LogP contribution >= 0.6 is 15.9 Å². The highest BCUT2D eigenvalue weighted by Crippen LogP contribution is 2.09. The smallest absolute Gasteiger partial charge is 0.336 e. The van der Waals surface area contributed by atoms with Crippen LogP contribution in [0.15, 0.2) is 0 Å². The first-order chi connectivity index (χ1) is 6.54. The summed E-state index contributed by atoms with van der Waals surface area (Å²) < 4.78 is 9.13. The lowest BCUT2D eigenvalue weighted by molar-refractivity contribution is -0.158. The van der Waals surface area contributed by atoms with E-state index in [4.69, 9.17) is 0 Å². The first-order valence-corrected chi connectivity index (χ1v) is 5.11. The molecule has 82 valence electrons. The van der Waals surface area contributed by atoms with E-state index >= 15 is 0 Å². The van der Waals surface area contributed by atoms with Crippen LogP contribution in [0.3, 0.4) is 0 Å². The molecule has 0 saturated heterocycles. The zero-order valence-electron chi connectivity index (χ0n) is 8.03. The zero-order chi connectivity index (χ0) is 11.1. The van der Waals surface area contributed by atoms with E-state index in [2.05, 4.69) is 25.4 Å². The summed E-state index contributed by atoms with van der Waals surface area (Å²) in [6.07, 6.45) is -1.53. The number of carbonyl (C=O) groups is 2. The van der Waals surface area contributed by atoms with Crippen LogP contribution in [0, 0.1) is 0 Å². The summed E-state index contributed by atoms with van der Waals surface area (Å²) in [4.78, 5) is 21.0. The van der Waals surface area contributed by atoms with Crippen LogP contribution in [0.5, 0.6) is 0 Å². The molecule has 0 amide bonds. The summed E-state index contributed by atoms with van der Waals surface area (Å²) in [6, 6.07) is 0. The van der Waals surface area contributed by atoms with E-state index in [1.165, 1.54) is 0 Å². The maximum absolute atomic E-state index is 11.1. The third kappa shape index (κ3) is 4.06. The standard InChI is InChI=1S/C8H13BrO5/c1-3-13-7(11)5(9)6(10)8(12)14-4-2/h5-6,10H,3-4H2,1-2H3/t5-,6+/m0/s1. The van der Waals surface area contributed by atoms with Crippen LogP contribution in [0.4, 0.5) is 0 Å². The molecule has 1 N–H and O–H groups in total. The summed E-state index contributed by atoms with van der Waals surface area (Å²) in [5, 5.41) is 9.29. The highest BCUT2D eigenvalue weighted by molar-refractivity contribution is 9.10. The van der Waals surface area contributed by atoms with Gasteiger partial charge in [-0.05, 0) is 13.8 Å². The Morgan fingerprint density at radius 1 is 1.21 bits per heavy atom. The molecule has 14 heavy (non-hydrogen) atoms. The number of aliphatic hydroxyl groups is 1. The minimum atomic E-state index is -1.53. The quantitative estimate of drug-likeness (QED) is 0.571. The van der Waals surface area contributed by atoms with Gasteiger partial charge in [0.05, 0.1) is 13.2 Å². The van der Waals surface area contributed by atoms with Gasteiger partial charge in [0.1, 0.15) is 4.83 Å². The number of aliphatic hydroxyl groups excluding tert-OH is 1. The van der Waals surface area contributed by atoms with Crippen molar-refractivity contribution in [3.63, 3.8) is 0 Å². The Balaban J connectivity index is 4.16. The Hall–Kier alpha value is -0.620. The molecule has 0 saturated carbocycles. The van der Waals surface area contributed by atoms with Crippen molar-refractivity contribution >= 4 is 27.9 Å². The van der Waals surface area contributed by atoms with Gasteiger partial charge in [-0.25, -0.2) is 4.79 Å². The van der Waals surface area contributed by atoms with Crippen LogP contribution in [-0.2, 0) is 19.1 Å². The fourth-order valence-corrected chi connectivity index (χ4v) is 1.05. The number of alkyl halides is 1. The van der Waals surface area contributed by atoms with Gasteiger partial charge in [-0.15, -0.1) is 0 Å². The first-order valence-electron chi connectivity index (χ1n) is 4.20. The topological polar surface area (TPSA) is 72.8 Å². The number of esters is 2. The Morgan fingerprint density at radius 3 is 2.07 bits per heavy atom. The second-order valence-corrected chi connectivity index (χ2v) is 3.34. The largest absolute Gasteiger partial charge is 0.465 e. The van der Waals surface area contributed by atoms with Gasteiger partial charge in [-0.1, -0.05) is 15.9 Å². The van der Waals surface area contributed by atoms with Crippen LogP contribution in [0.25, 0.3) is 0 Å². The molecule has 0 rings (SSSR count). The number of hydrogen-bond acceptors (Lipinski definition) is 5. The molecule has 0 bridgehead atoms. The summed E-state index contributed by atoms with van der Waals surface area (Å²) >= 11 is 2.85. The predicted octanol–water partition coefficient (Wildman–Crippen LogP) is 0.237.